The van der Waals surface area contributed by atoms with Gasteiger partial charge >= 0.3 is 5.97 Å². The van der Waals surface area contributed by atoms with E-state index >= 15 is 0 Å². The second-order valence-corrected chi connectivity index (χ2v) is 4.50. The second-order valence-electron chi connectivity index (χ2n) is 3.85. The van der Waals surface area contributed by atoms with Crippen LogP contribution in [0.15, 0.2) is 0 Å². The van der Waals surface area contributed by atoms with Gasteiger partial charge < -0.3 is 14.2 Å². The molecule has 2 atom stereocenters. The van der Waals surface area contributed by atoms with Crippen LogP contribution in [0.4, 0.5) is 0 Å². The molecule has 1 aliphatic rings. The number of hydrogen-bond acceptors (Lipinski definition) is 4. The fraction of sp³-hybridized carbons (Fsp3) is 0.909. The maximum absolute atomic E-state index is 11.9. The van der Waals surface area contributed by atoms with Gasteiger partial charge in [0.15, 0.2) is 10.7 Å². The van der Waals surface area contributed by atoms with Crippen molar-refractivity contribution in [2.75, 3.05) is 19.8 Å². The van der Waals surface area contributed by atoms with Crippen LogP contribution in [0, 0.1) is 0 Å². The summed E-state index contributed by atoms with van der Waals surface area (Å²) in [4.78, 5) is 10.7. The van der Waals surface area contributed by atoms with Gasteiger partial charge in [0, 0.05) is 6.61 Å². The van der Waals surface area contributed by atoms with Crippen molar-refractivity contribution in [3.05, 3.63) is 0 Å². The quantitative estimate of drug-likeness (QED) is 0.566. The highest BCUT2D eigenvalue weighted by Crippen LogP contribution is 2.42. The molecule has 0 radical (unpaired) electrons. The monoisotopic (exact) mass is 250 g/mol. The number of carbonyl (C=O) groups excluding carboxylic acids is 1. The third kappa shape index (κ3) is 2.34. The Balaban J connectivity index is 2.90. The molecule has 0 aromatic heterocycles. The first kappa shape index (κ1) is 13.7. The molecule has 1 aliphatic heterocycles. The Morgan fingerprint density at radius 1 is 1.44 bits per heavy atom. The van der Waals surface area contributed by atoms with Crippen LogP contribution in [0.5, 0.6) is 0 Å². The summed E-state index contributed by atoms with van der Waals surface area (Å²) < 4.78 is 16.0. The highest BCUT2D eigenvalue weighted by Gasteiger charge is 2.57. The number of esters is 1. The summed E-state index contributed by atoms with van der Waals surface area (Å²) in [5, 5.41) is 0. The molecular formula is C11H19ClO4. The van der Waals surface area contributed by atoms with E-state index in [2.05, 4.69) is 0 Å². The average molecular weight is 251 g/mol. The molecule has 0 amide bonds. The smallest absolute Gasteiger partial charge is 0.332 e. The summed E-state index contributed by atoms with van der Waals surface area (Å²) in [6, 6.07) is 0. The number of carbonyl (C=O) groups is 1. The molecule has 94 valence electrons. The SMILES string of the molecule is CCOC(=O)C1(Cl)CCCOC1(C)OCC. The van der Waals surface area contributed by atoms with Crippen LogP contribution in [0.2, 0.25) is 0 Å². The van der Waals surface area contributed by atoms with Gasteiger partial charge in [-0.25, -0.2) is 4.79 Å². The third-order valence-corrected chi connectivity index (χ3v) is 3.47. The molecule has 0 bridgehead atoms. The third-order valence-electron chi connectivity index (χ3n) is 2.78. The average Bonchev–Trinajstić information content (AvgIpc) is 2.23. The highest BCUT2D eigenvalue weighted by molar-refractivity contribution is 6.35. The van der Waals surface area contributed by atoms with E-state index in [4.69, 9.17) is 25.8 Å². The van der Waals surface area contributed by atoms with Crippen molar-refractivity contribution in [1.29, 1.82) is 0 Å². The Hall–Kier alpha value is -0.320. The van der Waals surface area contributed by atoms with Gasteiger partial charge in [0.1, 0.15) is 0 Å². The van der Waals surface area contributed by atoms with E-state index in [1.807, 2.05) is 6.92 Å². The fourth-order valence-electron chi connectivity index (χ4n) is 1.89. The molecule has 2 unspecified atom stereocenters. The van der Waals surface area contributed by atoms with Gasteiger partial charge in [-0.05, 0) is 33.6 Å². The lowest BCUT2D eigenvalue weighted by atomic mass is 9.91. The molecule has 1 heterocycles. The van der Waals surface area contributed by atoms with Gasteiger partial charge in [0.25, 0.3) is 0 Å². The molecule has 0 aromatic carbocycles. The van der Waals surface area contributed by atoms with E-state index in [0.29, 0.717) is 26.2 Å². The molecule has 4 nitrogen and oxygen atoms in total. The van der Waals surface area contributed by atoms with Crippen molar-refractivity contribution < 1.29 is 19.0 Å². The van der Waals surface area contributed by atoms with Crippen molar-refractivity contribution in [2.45, 2.75) is 44.3 Å². The van der Waals surface area contributed by atoms with Crippen LogP contribution in [-0.4, -0.2) is 36.5 Å². The molecule has 1 saturated heterocycles. The summed E-state index contributed by atoms with van der Waals surface area (Å²) in [5.41, 5.74) is 0. The molecule has 0 saturated carbocycles. The van der Waals surface area contributed by atoms with Crippen molar-refractivity contribution in [3.63, 3.8) is 0 Å². The Bertz CT molecular complexity index is 254. The summed E-state index contributed by atoms with van der Waals surface area (Å²) in [6.07, 6.45) is 1.23. The summed E-state index contributed by atoms with van der Waals surface area (Å²) in [5.74, 6) is -1.57. The first-order valence-corrected chi connectivity index (χ1v) is 6.02. The molecule has 0 aliphatic carbocycles. The lowest BCUT2D eigenvalue weighted by Gasteiger charge is -2.44. The lowest BCUT2D eigenvalue weighted by molar-refractivity contribution is -0.262. The van der Waals surface area contributed by atoms with Crippen LogP contribution in [0.1, 0.15) is 33.6 Å². The van der Waals surface area contributed by atoms with Crippen LogP contribution in [-0.2, 0) is 19.0 Å². The van der Waals surface area contributed by atoms with Crippen molar-refractivity contribution >= 4 is 17.6 Å². The molecule has 5 heteroatoms. The van der Waals surface area contributed by atoms with E-state index in [0.717, 1.165) is 6.42 Å². The van der Waals surface area contributed by atoms with Gasteiger partial charge in [-0.1, -0.05) is 0 Å². The largest absolute Gasteiger partial charge is 0.465 e. The van der Waals surface area contributed by atoms with Crippen molar-refractivity contribution in [2.24, 2.45) is 0 Å². The highest BCUT2D eigenvalue weighted by atomic mass is 35.5. The summed E-state index contributed by atoms with van der Waals surface area (Å²) >= 11 is 6.37. The lowest BCUT2D eigenvalue weighted by Crippen LogP contribution is -2.60. The van der Waals surface area contributed by atoms with E-state index < -0.39 is 16.6 Å². The van der Waals surface area contributed by atoms with Gasteiger partial charge in [-0.15, -0.1) is 11.6 Å². The molecule has 0 spiro atoms. The van der Waals surface area contributed by atoms with E-state index in [1.165, 1.54) is 0 Å². The molecule has 16 heavy (non-hydrogen) atoms. The zero-order valence-corrected chi connectivity index (χ0v) is 10.8. The van der Waals surface area contributed by atoms with Crippen LogP contribution < -0.4 is 0 Å². The standard InChI is InChI=1S/C11H19ClO4/c1-4-14-9(13)11(12)7-6-8-16-10(11,3)15-5-2/h4-8H2,1-3H3. The number of hydrogen-bond donors (Lipinski definition) is 0. The Morgan fingerprint density at radius 3 is 2.69 bits per heavy atom. The Labute approximate surface area is 101 Å². The molecule has 0 N–H and O–H groups in total. The number of alkyl halides is 1. The molecule has 1 fully saturated rings. The van der Waals surface area contributed by atoms with Gasteiger partial charge in [0.05, 0.1) is 13.2 Å². The van der Waals surface area contributed by atoms with Crippen LogP contribution >= 0.6 is 11.6 Å². The summed E-state index contributed by atoms with van der Waals surface area (Å²) in [6.45, 7) is 6.56. The minimum absolute atomic E-state index is 0.301. The van der Waals surface area contributed by atoms with Gasteiger partial charge in [-0.2, -0.15) is 0 Å². The van der Waals surface area contributed by atoms with E-state index in [1.54, 1.807) is 13.8 Å². The predicted molar refractivity (Wildman–Crippen MR) is 60.4 cm³/mol. The minimum Gasteiger partial charge on any atom is -0.465 e. The zero-order chi connectivity index (χ0) is 12.2. The Morgan fingerprint density at radius 2 is 2.12 bits per heavy atom. The van der Waals surface area contributed by atoms with Crippen LogP contribution in [0.3, 0.4) is 0 Å². The summed E-state index contributed by atoms with van der Waals surface area (Å²) in [7, 11) is 0. The van der Waals surface area contributed by atoms with Crippen LogP contribution in [0.25, 0.3) is 0 Å². The van der Waals surface area contributed by atoms with Crippen molar-refractivity contribution in [1.82, 2.24) is 0 Å². The zero-order valence-electron chi connectivity index (χ0n) is 10.0. The normalized spacial score (nSPS) is 34.8. The molecular weight excluding hydrogens is 232 g/mol. The van der Waals surface area contributed by atoms with E-state index in [9.17, 15) is 4.79 Å². The van der Waals surface area contributed by atoms with Gasteiger partial charge in [0.2, 0.25) is 0 Å². The second kappa shape index (κ2) is 5.34. The fourth-order valence-corrected chi connectivity index (χ4v) is 2.19. The maximum atomic E-state index is 11.9. The Kier molecular flexibility index (Phi) is 4.59. The van der Waals surface area contributed by atoms with Crippen molar-refractivity contribution in [3.8, 4) is 0 Å². The topological polar surface area (TPSA) is 44.8 Å². The number of rotatable bonds is 4. The number of ether oxygens (including phenoxy) is 3. The van der Waals surface area contributed by atoms with E-state index in [-0.39, 0.29) is 0 Å². The predicted octanol–water partition coefficient (Wildman–Crippen LogP) is 2.09. The van der Waals surface area contributed by atoms with Gasteiger partial charge in [-0.3, -0.25) is 0 Å². The number of halogens is 1. The first-order chi connectivity index (χ1) is 7.50. The first-order valence-electron chi connectivity index (χ1n) is 5.64. The maximum Gasteiger partial charge on any atom is 0.332 e. The molecule has 1 rings (SSSR count). The minimum atomic E-state index is -1.24. The molecule has 0 aromatic rings.